The van der Waals surface area contributed by atoms with Crippen molar-refractivity contribution >= 4 is 34.8 Å². The molecule has 1 fully saturated rings. The van der Waals surface area contributed by atoms with Crippen LogP contribution in [0.2, 0.25) is 10.0 Å². The van der Waals surface area contributed by atoms with Gasteiger partial charge in [0.2, 0.25) is 5.91 Å². The Labute approximate surface area is 199 Å². The van der Waals surface area contributed by atoms with E-state index in [0.717, 1.165) is 42.0 Å². The zero-order chi connectivity index (χ0) is 22.3. The molecular weight excluding hydrogens is 443 g/mol. The third kappa shape index (κ3) is 6.04. The standard InChI is InChI=1S/C26H26Cl2N2O2/c27-24-9-4-10-25(28)23(24)17-30-15-5-8-20(16-30)26(31)29-21-11-13-22(14-12-21)32-18-19-6-2-1-3-7-19/h1-4,6-7,9-14,20H,5,8,15-18H2,(H,29,31). The first-order valence-electron chi connectivity index (χ1n) is 10.8. The van der Waals surface area contributed by atoms with Crippen LogP contribution in [-0.4, -0.2) is 23.9 Å². The molecular formula is C26H26Cl2N2O2. The molecule has 32 heavy (non-hydrogen) atoms. The number of nitrogens with zero attached hydrogens (tertiary/aromatic N) is 1. The van der Waals surface area contributed by atoms with Crippen molar-refractivity contribution in [1.29, 1.82) is 0 Å². The van der Waals surface area contributed by atoms with Crippen molar-refractivity contribution in [1.82, 2.24) is 4.90 Å². The fraction of sp³-hybridized carbons (Fsp3) is 0.269. The highest BCUT2D eigenvalue weighted by Gasteiger charge is 2.26. The first kappa shape index (κ1) is 22.7. The van der Waals surface area contributed by atoms with Crippen LogP contribution in [0.15, 0.2) is 72.8 Å². The Hall–Kier alpha value is -2.53. The lowest BCUT2D eigenvalue weighted by Gasteiger charge is -2.32. The van der Waals surface area contributed by atoms with E-state index < -0.39 is 0 Å². The second-order valence-electron chi connectivity index (χ2n) is 8.06. The minimum atomic E-state index is -0.0704. The number of amides is 1. The fourth-order valence-corrected chi connectivity index (χ4v) is 4.46. The Kier molecular flexibility index (Phi) is 7.69. The predicted octanol–water partition coefficient (Wildman–Crippen LogP) is 6.42. The van der Waals surface area contributed by atoms with Gasteiger partial charge in [0, 0.05) is 34.4 Å². The van der Waals surface area contributed by atoms with Gasteiger partial charge in [-0.25, -0.2) is 0 Å². The summed E-state index contributed by atoms with van der Waals surface area (Å²) in [6.07, 6.45) is 1.84. The molecule has 3 aromatic carbocycles. The van der Waals surface area contributed by atoms with Gasteiger partial charge >= 0.3 is 0 Å². The Bertz CT molecular complexity index is 1020. The minimum Gasteiger partial charge on any atom is -0.489 e. The quantitative estimate of drug-likeness (QED) is 0.434. The molecule has 166 valence electrons. The average Bonchev–Trinajstić information content (AvgIpc) is 2.82. The Morgan fingerprint density at radius 3 is 2.41 bits per heavy atom. The lowest BCUT2D eigenvalue weighted by Crippen LogP contribution is -2.40. The van der Waals surface area contributed by atoms with Crippen LogP contribution in [0.1, 0.15) is 24.0 Å². The van der Waals surface area contributed by atoms with E-state index >= 15 is 0 Å². The summed E-state index contributed by atoms with van der Waals surface area (Å²) in [4.78, 5) is 15.1. The van der Waals surface area contributed by atoms with Crippen molar-refractivity contribution in [3.05, 3.63) is 94.0 Å². The summed E-state index contributed by atoms with van der Waals surface area (Å²) in [5, 5.41) is 4.38. The summed E-state index contributed by atoms with van der Waals surface area (Å²) < 4.78 is 5.82. The molecule has 0 spiro atoms. The van der Waals surface area contributed by atoms with E-state index in [1.165, 1.54) is 0 Å². The predicted molar refractivity (Wildman–Crippen MR) is 130 cm³/mol. The third-order valence-electron chi connectivity index (χ3n) is 5.69. The number of benzene rings is 3. The van der Waals surface area contributed by atoms with Crippen LogP contribution < -0.4 is 10.1 Å². The molecule has 1 aliphatic heterocycles. The van der Waals surface area contributed by atoms with Gasteiger partial charge in [-0.2, -0.15) is 0 Å². The monoisotopic (exact) mass is 468 g/mol. The Morgan fingerprint density at radius 2 is 1.69 bits per heavy atom. The van der Waals surface area contributed by atoms with Crippen LogP contribution in [0.3, 0.4) is 0 Å². The highest BCUT2D eigenvalue weighted by Crippen LogP contribution is 2.28. The number of likely N-dealkylation sites (tertiary alicyclic amines) is 1. The highest BCUT2D eigenvalue weighted by atomic mass is 35.5. The van der Waals surface area contributed by atoms with Gasteiger partial charge in [0.15, 0.2) is 0 Å². The Morgan fingerprint density at radius 1 is 0.969 bits per heavy atom. The van der Waals surface area contributed by atoms with Gasteiger partial charge in [0.05, 0.1) is 5.92 Å². The topological polar surface area (TPSA) is 41.6 Å². The van der Waals surface area contributed by atoms with E-state index in [4.69, 9.17) is 27.9 Å². The number of carbonyl (C=O) groups is 1. The van der Waals surface area contributed by atoms with Gasteiger partial charge < -0.3 is 10.1 Å². The SMILES string of the molecule is O=C(Nc1ccc(OCc2ccccc2)cc1)C1CCCN(Cc2c(Cl)cccc2Cl)C1. The number of hydrogen-bond donors (Lipinski definition) is 1. The first-order chi connectivity index (χ1) is 15.6. The summed E-state index contributed by atoms with van der Waals surface area (Å²) >= 11 is 12.6. The first-order valence-corrected chi connectivity index (χ1v) is 11.6. The molecule has 0 aliphatic carbocycles. The van der Waals surface area contributed by atoms with Crippen molar-refractivity contribution in [2.75, 3.05) is 18.4 Å². The van der Waals surface area contributed by atoms with E-state index in [1.54, 1.807) is 0 Å². The van der Waals surface area contributed by atoms with E-state index in [1.807, 2.05) is 72.8 Å². The van der Waals surface area contributed by atoms with Crippen LogP contribution >= 0.6 is 23.2 Å². The largest absolute Gasteiger partial charge is 0.489 e. The van der Waals surface area contributed by atoms with Gasteiger partial charge in [0.1, 0.15) is 12.4 Å². The molecule has 0 aromatic heterocycles. The molecule has 1 N–H and O–H groups in total. The maximum Gasteiger partial charge on any atom is 0.228 e. The molecule has 4 nitrogen and oxygen atoms in total. The van der Waals surface area contributed by atoms with Gasteiger partial charge in [0.25, 0.3) is 0 Å². The summed E-state index contributed by atoms with van der Waals surface area (Å²) in [5.41, 5.74) is 2.81. The van der Waals surface area contributed by atoms with Crippen LogP contribution in [0.5, 0.6) is 5.75 Å². The highest BCUT2D eigenvalue weighted by molar-refractivity contribution is 6.35. The van der Waals surface area contributed by atoms with E-state index in [-0.39, 0.29) is 11.8 Å². The number of rotatable bonds is 7. The van der Waals surface area contributed by atoms with Crippen LogP contribution in [0, 0.1) is 5.92 Å². The molecule has 1 amide bonds. The van der Waals surface area contributed by atoms with Crippen molar-refractivity contribution in [2.24, 2.45) is 5.92 Å². The summed E-state index contributed by atoms with van der Waals surface area (Å²) in [6.45, 7) is 2.78. The summed E-state index contributed by atoms with van der Waals surface area (Å²) in [5.74, 6) is 0.740. The molecule has 1 unspecified atom stereocenters. The average molecular weight is 469 g/mol. The summed E-state index contributed by atoms with van der Waals surface area (Å²) in [7, 11) is 0. The smallest absolute Gasteiger partial charge is 0.228 e. The molecule has 0 saturated carbocycles. The molecule has 0 bridgehead atoms. The van der Waals surface area contributed by atoms with Gasteiger partial charge in [-0.3, -0.25) is 9.69 Å². The Balaban J connectivity index is 1.30. The normalized spacial score (nSPS) is 16.5. The third-order valence-corrected chi connectivity index (χ3v) is 6.40. The zero-order valence-electron chi connectivity index (χ0n) is 17.8. The van der Waals surface area contributed by atoms with Crippen molar-refractivity contribution in [3.63, 3.8) is 0 Å². The van der Waals surface area contributed by atoms with Crippen molar-refractivity contribution < 1.29 is 9.53 Å². The second kappa shape index (κ2) is 10.9. The lowest BCUT2D eigenvalue weighted by atomic mass is 9.96. The zero-order valence-corrected chi connectivity index (χ0v) is 19.3. The maximum atomic E-state index is 12.9. The number of carbonyl (C=O) groups excluding carboxylic acids is 1. The molecule has 1 aliphatic rings. The van der Waals surface area contributed by atoms with Gasteiger partial charge in [-0.05, 0) is 61.3 Å². The van der Waals surface area contributed by atoms with E-state index in [9.17, 15) is 4.79 Å². The molecule has 1 saturated heterocycles. The number of anilines is 1. The molecule has 4 rings (SSSR count). The molecule has 1 heterocycles. The van der Waals surface area contributed by atoms with Crippen molar-refractivity contribution in [2.45, 2.75) is 26.0 Å². The fourth-order valence-electron chi connectivity index (χ4n) is 3.94. The van der Waals surface area contributed by atoms with Crippen LogP contribution in [0.25, 0.3) is 0 Å². The molecule has 6 heteroatoms. The van der Waals surface area contributed by atoms with Crippen molar-refractivity contribution in [3.8, 4) is 5.75 Å². The molecule has 3 aromatic rings. The number of halogens is 2. The summed E-state index contributed by atoms with van der Waals surface area (Å²) in [6, 6.07) is 23.1. The molecule has 1 atom stereocenters. The maximum absolute atomic E-state index is 12.9. The minimum absolute atomic E-state index is 0.0397. The number of ether oxygens (including phenoxy) is 1. The van der Waals surface area contributed by atoms with Crippen LogP contribution in [0.4, 0.5) is 5.69 Å². The van der Waals surface area contributed by atoms with E-state index in [0.29, 0.717) is 29.7 Å². The molecule has 0 radical (unpaired) electrons. The van der Waals surface area contributed by atoms with Crippen LogP contribution in [-0.2, 0) is 17.9 Å². The lowest BCUT2D eigenvalue weighted by molar-refractivity contribution is -0.121. The number of hydrogen-bond acceptors (Lipinski definition) is 3. The van der Waals surface area contributed by atoms with Gasteiger partial charge in [-0.15, -0.1) is 0 Å². The second-order valence-corrected chi connectivity index (χ2v) is 8.88. The van der Waals surface area contributed by atoms with Gasteiger partial charge in [-0.1, -0.05) is 59.6 Å². The van der Waals surface area contributed by atoms with E-state index in [2.05, 4.69) is 10.2 Å². The number of nitrogens with one attached hydrogen (secondary N) is 1. The number of piperidine rings is 1.